The Morgan fingerprint density at radius 1 is 0.646 bits per heavy atom. The van der Waals surface area contributed by atoms with E-state index in [1.54, 1.807) is 0 Å². The van der Waals surface area contributed by atoms with Crippen molar-refractivity contribution in [3.8, 4) is 19.7 Å². The highest BCUT2D eigenvalue weighted by molar-refractivity contribution is 7.86. The summed E-state index contributed by atoms with van der Waals surface area (Å²) in [4.78, 5) is 26.7. The van der Waals surface area contributed by atoms with Crippen molar-refractivity contribution in [3.63, 3.8) is 0 Å². The van der Waals surface area contributed by atoms with E-state index in [-0.39, 0.29) is 11.6 Å². The second-order valence-electron chi connectivity index (χ2n) is 11.2. The van der Waals surface area contributed by atoms with Gasteiger partial charge in [0.1, 0.15) is 0 Å². The number of Topliss-reactive ketones (excluding diaryl/α,β-unsaturated/α-hetero) is 2. The maximum absolute atomic E-state index is 13.4. The summed E-state index contributed by atoms with van der Waals surface area (Å²) in [5.41, 5.74) is -12.1. The zero-order valence-electron chi connectivity index (χ0n) is 24.3. The lowest BCUT2D eigenvalue weighted by Crippen LogP contribution is -3.59. The molecule has 4 bridgehead atoms. The van der Waals surface area contributed by atoms with Gasteiger partial charge in [-0.3, -0.25) is 9.59 Å². The minimum atomic E-state index is -6.09. The molecule has 4 aliphatic rings. The Balaban J connectivity index is 0.000000325. The van der Waals surface area contributed by atoms with E-state index >= 15 is 0 Å². The van der Waals surface area contributed by atoms with Crippen LogP contribution in [0.5, 0.6) is 0 Å². The fraction of sp³-hybridized carbons (Fsp3) is 0.400. The highest BCUT2D eigenvalue weighted by atomic mass is 127. The van der Waals surface area contributed by atoms with Crippen molar-refractivity contribution in [2.75, 3.05) is 0 Å². The molecule has 4 saturated carbocycles. The molecule has 2 aromatic carbocycles. The zero-order chi connectivity index (χ0) is 36.0. The topological polar surface area (TPSA) is 149 Å². The molecule has 4 aliphatic carbocycles. The highest BCUT2D eigenvalue weighted by Crippen LogP contribution is 2.65. The number of hydrogen-bond acceptors (Lipinski definition) is 8. The van der Waals surface area contributed by atoms with Crippen molar-refractivity contribution < 1.29 is 104 Å². The average molecular weight is 944 g/mol. The van der Waals surface area contributed by atoms with Crippen LogP contribution in [0.25, 0.3) is 0 Å². The maximum atomic E-state index is 13.4. The molecular weight excluding hydrogens is 920 g/mol. The van der Waals surface area contributed by atoms with E-state index in [1.165, 1.54) is 13.6 Å². The van der Waals surface area contributed by atoms with Crippen molar-refractivity contribution in [3.05, 3.63) is 67.8 Å². The quantitative estimate of drug-likeness (QED) is 0.120. The van der Waals surface area contributed by atoms with E-state index in [1.807, 2.05) is 36.4 Å². The molecule has 0 spiro atoms. The van der Waals surface area contributed by atoms with Crippen LogP contribution < -0.4 is 42.4 Å². The van der Waals surface area contributed by atoms with Gasteiger partial charge in [-0.25, -0.2) is 16.8 Å². The minimum absolute atomic E-state index is 0.0871. The SMILES string of the molecule is O=C(C#C[I+]c1ccccc1)C12CC3CC(C1)CC(C(=O)C#C[I+]c1ccccc1)(C3)C2.O=S(=O)([O-])C(F)(F)F.O=S(=O)([O-])C(F)(F)F. The van der Waals surface area contributed by atoms with Crippen LogP contribution in [-0.4, -0.2) is 48.5 Å². The van der Waals surface area contributed by atoms with E-state index in [0.29, 0.717) is 18.3 Å². The van der Waals surface area contributed by atoms with E-state index in [4.69, 9.17) is 25.9 Å². The summed E-state index contributed by atoms with van der Waals surface area (Å²) in [5.74, 6) is 7.17. The van der Waals surface area contributed by atoms with E-state index in [0.717, 1.165) is 25.7 Å². The largest absolute Gasteiger partial charge is 0.741 e. The van der Waals surface area contributed by atoms with Gasteiger partial charge in [0.25, 0.3) is 0 Å². The first-order valence-electron chi connectivity index (χ1n) is 13.6. The molecule has 2 aromatic rings. The molecule has 4 fully saturated rings. The van der Waals surface area contributed by atoms with Gasteiger partial charge in [0, 0.05) is 22.7 Å². The number of hydrogen-bond donors (Lipinski definition) is 0. The summed E-state index contributed by atoms with van der Waals surface area (Å²) >= 11 is -0.950. The Morgan fingerprint density at radius 3 is 1.21 bits per heavy atom. The second-order valence-corrected chi connectivity index (χ2v) is 18.6. The molecule has 0 aromatic heterocycles. The van der Waals surface area contributed by atoms with Crippen LogP contribution in [0.2, 0.25) is 0 Å². The second kappa shape index (κ2) is 15.8. The average Bonchev–Trinajstić information content (AvgIpc) is 2.96. The van der Waals surface area contributed by atoms with Crippen molar-refractivity contribution in [1.29, 1.82) is 0 Å². The molecular formula is C30H24F6I2O8S2. The maximum Gasteiger partial charge on any atom is 0.485 e. The number of benzene rings is 2. The van der Waals surface area contributed by atoms with Gasteiger partial charge in [0.05, 0.1) is 0 Å². The zero-order valence-corrected chi connectivity index (χ0v) is 30.2. The van der Waals surface area contributed by atoms with Gasteiger partial charge in [-0.2, -0.15) is 26.3 Å². The lowest BCUT2D eigenvalue weighted by molar-refractivity contribution is -0.535. The fourth-order valence-electron chi connectivity index (χ4n) is 6.26. The molecule has 0 heterocycles. The molecule has 6 rings (SSSR count). The van der Waals surface area contributed by atoms with Crippen LogP contribution in [0.4, 0.5) is 26.3 Å². The molecule has 0 atom stereocenters. The molecule has 0 amide bonds. The van der Waals surface area contributed by atoms with Gasteiger partial charge in [-0.15, -0.1) is 0 Å². The van der Waals surface area contributed by atoms with Crippen LogP contribution in [-0.2, 0) is 29.8 Å². The normalized spacial score (nSPS) is 24.2. The van der Waals surface area contributed by atoms with Gasteiger partial charge >= 0.3 is 53.4 Å². The van der Waals surface area contributed by atoms with Crippen molar-refractivity contribution >= 4 is 31.8 Å². The Bertz CT molecular complexity index is 1680. The van der Waals surface area contributed by atoms with E-state index < -0.39 is 84.5 Å². The van der Waals surface area contributed by atoms with Crippen LogP contribution in [0.1, 0.15) is 38.5 Å². The third-order valence-electron chi connectivity index (χ3n) is 7.69. The standard InChI is InChI=1S/C28H24I2O2.2CHF3O3S/c31-25(11-13-29-23-7-3-1-4-8-23)27-16-21-15-22(17-27)19-28(18-21,20-27)26(32)12-14-30-24-9-5-2-6-10-24;2*2-1(3,4)8(5,6)7/h1-10,21-22H,15-20H2;2*(H,5,6,7)/q+2;;/p-2. The Labute approximate surface area is 293 Å². The van der Waals surface area contributed by atoms with Gasteiger partial charge in [-0.1, -0.05) is 36.4 Å². The smallest absolute Gasteiger partial charge is 0.485 e. The van der Waals surface area contributed by atoms with Gasteiger partial charge in [-0.05, 0) is 74.6 Å². The minimum Gasteiger partial charge on any atom is -0.741 e. The first kappa shape index (κ1) is 40.2. The summed E-state index contributed by atoms with van der Waals surface area (Å²) in [6, 6.07) is 20.4. The van der Waals surface area contributed by atoms with Crippen LogP contribution in [0, 0.1) is 49.5 Å². The fourth-order valence-corrected chi connectivity index (χ4v) is 9.19. The molecule has 260 valence electrons. The lowest BCUT2D eigenvalue weighted by Gasteiger charge is -2.59. The summed E-state index contributed by atoms with van der Waals surface area (Å²) in [6.07, 6.45) is 5.50. The van der Waals surface area contributed by atoms with Gasteiger partial charge in [0.2, 0.25) is 18.7 Å². The summed E-state index contributed by atoms with van der Waals surface area (Å²) < 4.78 is 127. The third kappa shape index (κ3) is 10.9. The molecule has 8 nitrogen and oxygen atoms in total. The van der Waals surface area contributed by atoms with Gasteiger partial charge < -0.3 is 9.11 Å². The lowest BCUT2D eigenvalue weighted by atomic mass is 9.42. The van der Waals surface area contributed by atoms with Crippen LogP contribution in [0.15, 0.2) is 60.7 Å². The summed E-state index contributed by atoms with van der Waals surface area (Å²) in [7, 11) is -12.2. The van der Waals surface area contributed by atoms with Crippen molar-refractivity contribution in [2.45, 2.75) is 49.5 Å². The third-order valence-corrected chi connectivity index (χ3v) is 12.6. The Hall–Kier alpha value is -2.24. The number of halogens is 8. The van der Waals surface area contributed by atoms with Crippen molar-refractivity contribution in [1.82, 2.24) is 0 Å². The number of ketones is 2. The van der Waals surface area contributed by atoms with Crippen LogP contribution >= 0.6 is 0 Å². The Kier molecular flexibility index (Phi) is 13.2. The number of carbonyl (C=O) groups excluding carboxylic acids is 2. The molecule has 0 saturated heterocycles. The Morgan fingerprint density at radius 2 is 0.938 bits per heavy atom. The highest BCUT2D eigenvalue weighted by Gasteiger charge is 2.62. The predicted octanol–water partition coefficient (Wildman–Crippen LogP) is -1.35. The number of alkyl halides is 6. The summed E-state index contributed by atoms with van der Waals surface area (Å²) in [5, 5.41) is 0. The number of carbonyl (C=O) groups is 2. The van der Waals surface area contributed by atoms with Gasteiger partial charge in [0.15, 0.2) is 28.1 Å². The molecule has 48 heavy (non-hydrogen) atoms. The first-order valence-corrected chi connectivity index (χ1v) is 20.7. The number of rotatable bonds is 4. The molecule has 0 aliphatic heterocycles. The summed E-state index contributed by atoms with van der Waals surface area (Å²) in [6.45, 7) is 0. The monoisotopic (exact) mass is 944 g/mol. The first-order chi connectivity index (χ1) is 22.1. The molecule has 0 radical (unpaired) electrons. The molecule has 0 N–H and O–H groups in total. The van der Waals surface area contributed by atoms with Crippen LogP contribution in [0.3, 0.4) is 0 Å². The molecule has 18 heteroatoms. The van der Waals surface area contributed by atoms with E-state index in [2.05, 4.69) is 44.0 Å². The predicted molar refractivity (Wildman–Crippen MR) is 147 cm³/mol. The molecule has 0 unspecified atom stereocenters. The van der Waals surface area contributed by atoms with Crippen molar-refractivity contribution in [2.24, 2.45) is 22.7 Å². The van der Waals surface area contributed by atoms with E-state index in [9.17, 15) is 35.9 Å².